The molecule has 3 rings (SSSR count). The van der Waals surface area contributed by atoms with Gasteiger partial charge in [0.1, 0.15) is 5.82 Å². The van der Waals surface area contributed by atoms with Crippen molar-refractivity contribution < 1.29 is 13.2 Å². The monoisotopic (exact) mass is 393 g/mol. The number of carbonyl (C=O) groups excluding carboxylic acids is 1. The van der Waals surface area contributed by atoms with Gasteiger partial charge in [-0.1, -0.05) is 6.07 Å². The van der Waals surface area contributed by atoms with Crippen LogP contribution < -0.4 is 10.2 Å². The van der Waals surface area contributed by atoms with Crippen molar-refractivity contribution >= 4 is 32.9 Å². The van der Waals surface area contributed by atoms with Crippen LogP contribution in [0.5, 0.6) is 0 Å². The first-order valence-electron chi connectivity index (χ1n) is 8.59. The Morgan fingerprint density at radius 1 is 1.31 bits per heavy atom. The van der Waals surface area contributed by atoms with Gasteiger partial charge >= 0.3 is 0 Å². The molecule has 26 heavy (non-hydrogen) atoms. The van der Waals surface area contributed by atoms with Crippen molar-refractivity contribution in [3.8, 4) is 0 Å². The zero-order chi connectivity index (χ0) is 18.6. The molecule has 0 aliphatic carbocycles. The molecule has 3 heterocycles. The Balaban J connectivity index is 1.47. The molecular formula is C18H23N3O3S2. The summed E-state index contributed by atoms with van der Waals surface area (Å²) < 4.78 is 22.7. The van der Waals surface area contributed by atoms with Crippen LogP contribution in [0.25, 0.3) is 0 Å². The van der Waals surface area contributed by atoms with E-state index in [1.54, 1.807) is 6.20 Å². The number of pyridine rings is 1. The number of hydrogen-bond donors (Lipinski definition) is 1. The fraction of sp³-hybridized carbons (Fsp3) is 0.444. The first kappa shape index (κ1) is 18.8. The van der Waals surface area contributed by atoms with E-state index in [0.717, 1.165) is 37.3 Å². The van der Waals surface area contributed by atoms with Crippen molar-refractivity contribution in [2.45, 2.75) is 18.6 Å². The first-order valence-corrected chi connectivity index (χ1v) is 11.6. The maximum Gasteiger partial charge on any atom is 0.252 e. The molecule has 1 saturated heterocycles. The quantitative estimate of drug-likeness (QED) is 0.815. The van der Waals surface area contributed by atoms with Gasteiger partial charge in [0.25, 0.3) is 5.91 Å². The summed E-state index contributed by atoms with van der Waals surface area (Å²) in [5.74, 6) is 1.37. The van der Waals surface area contributed by atoms with Crippen LogP contribution in [0, 0.1) is 5.92 Å². The minimum absolute atomic E-state index is 0.00295. The molecule has 1 amide bonds. The molecule has 1 fully saturated rings. The fourth-order valence-electron chi connectivity index (χ4n) is 3.09. The minimum atomic E-state index is -3.04. The Labute approximate surface area is 158 Å². The van der Waals surface area contributed by atoms with Crippen LogP contribution in [0.3, 0.4) is 0 Å². The van der Waals surface area contributed by atoms with Gasteiger partial charge in [0, 0.05) is 43.0 Å². The van der Waals surface area contributed by atoms with Gasteiger partial charge in [-0.2, -0.15) is 11.3 Å². The standard InChI is InChI=1S/C18H23N3O3S2/c1-26(23,24)13-15-2-3-17(19-11-15)21-7-4-14(5-8-21)10-20-18(22)16-6-9-25-12-16/h2-3,6,9,11-12,14H,4-5,7-8,10,13H2,1H3,(H,20,22). The lowest BCUT2D eigenvalue weighted by Crippen LogP contribution is -2.39. The van der Waals surface area contributed by atoms with Crippen LogP contribution in [0.15, 0.2) is 35.2 Å². The summed E-state index contributed by atoms with van der Waals surface area (Å²) in [4.78, 5) is 18.6. The van der Waals surface area contributed by atoms with E-state index in [1.165, 1.54) is 17.6 Å². The van der Waals surface area contributed by atoms with Crippen LogP contribution in [0.1, 0.15) is 28.8 Å². The summed E-state index contributed by atoms with van der Waals surface area (Å²) in [6.07, 6.45) is 4.86. The summed E-state index contributed by atoms with van der Waals surface area (Å²) in [5, 5.41) is 6.78. The average Bonchev–Trinajstić information content (AvgIpc) is 3.14. The number of hydrogen-bond acceptors (Lipinski definition) is 6. The molecule has 0 bridgehead atoms. The normalized spacial score (nSPS) is 15.8. The largest absolute Gasteiger partial charge is 0.357 e. The third-order valence-corrected chi connectivity index (χ3v) is 6.05. The van der Waals surface area contributed by atoms with E-state index in [-0.39, 0.29) is 11.7 Å². The maximum absolute atomic E-state index is 12.0. The zero-order valence-electron chi connectivity index (χ0n) is 14.7. The van der Waals surface area contributed by atoms with Gasteiger partial charge in [0.2, 0.25) is 0 Å². The number of aromatic nitrogens is 1. The van der Waals surface area contributed by atoms with Gasteiger partial charge in [-0.3, -0.25) is 4.79 Å². The van der Waals surface area contributed by atoms with Crippen molar-refractivity contribution in [1.29, 1.82) is 0 Å². The van der Waals surface area contributed by atoms with Crippen molar-refractivity contribution in [2.75, 3.05) is 30.8 Å². The number of anilines is 1. The molecule has 0 spiro atoms. The van der Waals surface area contributed by atoms with E-state index >= 15 is 0 Å². The lowest BCUT2D eigenvalue weighted by molar-refractivity contribution is 0.0945. The Kier molecular flexibility index (Phi) is 5.93. The zero-order valence-corrected chi connectivity index (χ0v) is 16.4. The molecular weight excluding hydrogens is 370 g/mol. The van der Waals surface area contributed by atoms with Crippen molar-refractivity contribution in [3.05, 3.63) is 46.3 Å². The van der Waals surface area contributed by atoms with Crippen LogP contribution >= 0.6 is 11.3 Å². The van der Waals surface area contributed by atoms with E-state index in [1.807, 2.05) is 29.0 Å². The summed E-state index contributed by atoms with van der Waals surface area (Å²) >= 11 is 1.52. The van der Waals surface area contributed by atoms with Gasteiger partial charge in [0.15, 0.2) is 9.84 Å². The molecule has 0 atom stereocenters. The Hall–Kier alpha value is -1.93. The molecule has 6 nitrogen and oxygen atoms in total. The Bertz CT molecular complexity index is 825. The van der Waals surface area contributed by atoms with Crippen LogP contribution in [0.4, 0.5) is 5.82 Å². The second kappa shape index (κ2) is 8.18. The van der Waals surface area contributed by atoms with E-state index in [9.17, 15) is 13.2 Å². The van der Waals surface area contributed by atoms with Gasteiger partial charge in [0.05, 0.1) is 5.75 Å². The fourth-order valence-corrected chi connectivity index (χ4v) is 4.50. The minimum Gasteiger partial charge on any atom is -0.357 e. The number of nitrogens with zero attached hydrogens (tertiary/aromatic N) is 2. The van der Waals surface area contributed by atoms with Crippen molar-refractivity contribution in [2.24, 2.45) is 5.92 Å². The summed E-state index contributed by atoms with van der Waals surface area (Å²) in [7, 11) is -3.04. The van der Waals surface area contributed by atoms with Gasteiger partial charge in [-0.15, -0.1) is 0 Å². The lowest BCUT2D eigenvalue weighted by Gasteiger charge is -2.32. The highest BCUT2D eigenvalue weighted by atomic mass is 32.2. The lowest BCUT2D eigenvalue weighted by atomic mass is 9.96. The highest BCUT2D eigenvalue weighted by molar-refractivity contribution is 7.89. The van der Waals surface area contributed by atoms with E-state index in [0.29, 0.717) is 18.0 Å². The molecule has 1 N–H and O–H groups in total. The third-order valence-electron chi connectivity index (χ3n) is 4.51. The molecule has 8 heteroatoms. The van der Waals surface area contributed by atoms with E-state index in [4.69, 9.17) is 0 Å². The maximum atomic E-state index is 12.0. The Morgan fingerprint density at radius 3 is 2.65 bits per heavy atom. The number of thiophene rings is 1. The summed E-state index contributed by atoms with van der Waals surface area (Å²) in [6.45, 7) is 2.47. The van der Waals surface area contributed by atoms with Gasteiger partial charge in [-0.25, -0.2) is 13.4 Å². The van der Waals surface area contributed by atoms with Crippen molar-refractivity contribution in [1.82, 2.24) is 10.3 Å². The second-order valence-electron chi connectivity index (χ2n) is 6.75. The molecule has 2 aromatic rings. The van der Waals surface area contributed by atoms with Gasteiger partial charge < -0.3 is 10.2 Å². The van der Waals surface area contributed by atoms with Crippen molar-refractivity contribution in [3.63, 3.8) is 0 Å². The number of nitrogens with one attached hydrogen (secondary N) is 1. The average molecular weight is 394 g/mol. The number of sulfone groups is 1. The molecule has 1 aliphatic rings. The van der Waals surface area contributed by atoms with Crippen LogP contribution in [-0.4, -0.2) is 45.2 Å². The number of carbonyl (C=O) groups is 1. The smallest absolute Gasteiger partial charge is 0.252 e. The molecule has 0 unspecified atom stereocenters. The van der Waals surface area contributed by atoms with Crippen LogP contribution in [-0.2, 0) is 15.6 Å². The SMILES string of the molecule is CS(=O)(=O)Cc1ccc(N2CCC(CNC(=O)c3ccsc3)CC2)nc1. The highest BCUT2D eigenvalue weighted by Gasteiger charge is 2.21. The molecule has 2 aromatic heterocycles. The highest BCUT2D eigenvalue weighted by Crippen LogP contribution is 2.22. The number of amides is 1. The van der Waals surface area contributed by atoms with E-state index in [2.05, 4.69) is 15.2 Å². The number of piperidine rings is 1. The number of rotatable bonds is 6. The predicted octanol–water partition coefficient (Wildman–Crippen LogP) is 2.33. The van der Waals surface area contributed by atoms with Crippen LogP contribution in [0.2, 0.25) is 0 Å². The Morgan fingerprint density at radius 2 is 2.08 bits per heavy atom. The molecule has 1 aliphatic heterocycles. The predicted molar refractivity (Wildman–Crippen MR) is 104 cm³/mol. The van der Waals surface area contributed by atoms with E-state index < -0.39 is 9.84 Å². The molecule has 0 saturated carbocycles. The molecule has 0 radical (unpaired) electrons. The third kappa shape index (κ3) is 5.28. The molecule has 0 aromatic carbocycles. The first-order chi connectivity index (χ1) is 12.4. The molecule has 140 valence electrons. The van der Waals surface area contributed by atoms with Gasteiger partial charge in [-0.05, 0) is 41.8 Å². The second-order valence-corrected chi connectivity index (χ2v) is 9.67. The summed E-state index contributed by atoms with van der Waals surface area (Å²) in [6, 6.07) is 5.55. The summed E-state index contributed by atoms with van der Waals surface area (Å²) in [5.41, 5.74) is 1.44. The topological polar surface area (TPSA) is 79.4 Å².